The van der Waals surface area contributed by atoms with Crippen molar-refractivity contribution in [3.05, 3.63) is 59.2 Å². The van der Waals surface area contributed by atoms with E-state index in [-0.39, 0.29) is 25.0 Å². The quantitative estimate of drug-likeness (QED) is 0.647. The first-order valence-corrected chi connectivity index (χ1v) is 10.2. The Hall–Kier alpha value is -3.02. The van der Waals surface area contributed by atoms with E-state index in [1.54, 1.807) is 18.9 Å². The van der Waals surface area contributed by atoms with E-state index in [1.807, 2.05) is 63.2 Å². The molecule has 0 radical (unpaired) electrons. The molecule has 2 aromatic rings. The van der Waals surface area contributed by atoms with Gasteiger partial charge in [-0.25, -0.2) is 0 Å². The van der Waals surface area contributed by atoms with E-state index in [2.05, 4.69) is 5.32 Å². The van der Waals surface area contributed by atoms with Crippen molar-refractivity contribution >= 4 is 11.8 Å². The number of rotatable bonds is 10. The highest BCUT2D eigenvalue weighted by molar-refractivity contribution is 5.87. The summed E-state index contributed by atoms with van der Waals surface area (Å²) in [7, 11) is 1.60. The normalized spacial score (nSPS) is 11.5. The molecule has 0 spiro atoms. The van der Waals surface area contributed by atoms with E-state index in [0.717, 1.165) is 23.1 Å². The molecular formula is C24H32N2O4. The van der Waals surface area contributed by atoms with Gasteiger partial charge in [0.1, 0.15) is 17.5 Å². The molecule has 162 valence electrons. The first kappa shape index (κ1) is 23.3. The van der Waals surface area contributed by atoms with Crippen LogP contribution in [0.2, 0.25) is 0 Å². The second kappa shape index (κ2) is 11.2. The number of nitrogens with one attached hydrogen (secondary N) is 1. The van der Waals surface area contributed by atoms with E-state index < -0.39 is 6.04 Å². The number of hydrogen-bond donors (Lipinski definition) is 1. The molecule has 1 N–H and O–H groups in total. The van der Waals surface area contributed by atoms with Crippen LogP contribution in [-0.2, 0) is 16.1 Å². The van der Waals surface area contributed by atoms with Crippen LogP contribution >= 0.6 is 0 Å². The van der Waals surface area contributed by atoms with Crippen LogP contribution in [0.1, 0.15) is 37.0 Å². The summed E-state index contributed by atoms with van der Waals surface area (Å²) in [5.41, 5.74) is 3.01. The van der Waals surface area contributed by atoms with Crippen molar-refractivity contribution in [2.75, 3.05) is 20.3 Å². The third-order valence-electron chi connectivity index (χ3n) is 4.76. The molecule has 0 bridgehead atoms. The molecule has 0 unspecified atom stereocenters. The van der Waals surface area contributed by atoms with Gasteiger partial charge >= 0.3 is 0 Å². The third kappa shape index (κ3) is 6.79. The second-order valence-corrected chi connectivity index (χ2v) is 7.45. The van der Waals surface area contributed by atoms with Gasteiger partial charge in [0.05, 0.1) is 7.11 Å². The number of carbonyl (C=O) groups is 2. The summed E-state index contributed by atoms with van der Waals surface area (Å²) in [5.74, 6) is 0.912. The van der Waals surface area contributed by atoms with Crippen molar-refractivity contribution in [3.8, 4) is 11.5 Å². The predicted octanol–water partition coefficient (Wildman–Crippen LogP) is 3.63. The van der Waals surface area contributed by atoms with Gasteiger partial charge in [-0.3, -0.25) is 9.59 Å². The number of nitrogens with zero attached hydrogens (tertiary/aromatic N) is 1. The average Bonchev–Trinajstić information content (AvgIpc) is 2.73. The van der Waals surface area contributed by atoms with E-state index in [4.69, 9.17) is 9.47 Å². The van der Waals surface area contributed by atoms with Crippen molar-refractivity contribution in [1.82, 2.24) is 10.2 Å². The summed E-state index contributed by atoms with van der Waals surface area (Å²) < 4.78 is 11.0. The topological polar surface area (TPSA) is 67.9 Å². The Morgan fingerprint density at radius 2 is 1.77 bits per heavy atom. The van der Waals surface area contributed by atoms with Crippen LogP contribution in [0.4, 0.5) is 0 Å². The Labute approximate surface area is 179 Å². The molecule has 0 saturated carbocycles. The smallest absolute Gasteiger partial charge is 0.261 e. The number of methoxy groups -OCH3 is 1. The number of aryl methyl sites for hydroxylation is 2. The molecule has 30 heavy (non-hydrogen) atoms. The first-order valence-electron chi connectivity index (χ1n) is 10.2. The molecule has 0 heterocycles. The maximum atomic E-state index is 13.1. The van der Waals surface area contributed by atoms with Gasteiger partial charge in [0.2, 0.25) is 5.91 Å². The Kier molecular flexibility index (Phi) is 8.71. The fourth-order valence-corrected chi connectivity index (χ4v) is 3.19. The summed E-state index contributed by atoms with van der Waals surface area (Å²) in [6.07, 6.45) is 0.831. The van der Waals surface area contributed by atoms with E-state index >= 15 is 0 Å². The molecule has 2 amide bonds. The molecule has 0 aliphatic rings. The van der Waals surface area contributed by atoms with Crippen molar-refractivity contribution < 1.29 is 19.1 Å². The molecular weight excluding hydrogens is 380 g/mol. The van der Waals surface area contributed by atoms with Crippen molar-refractivity contribution in [3.63, 3.8) is 0 Å². The molecule has 2 rings (SSSR count). The fraction of sp³-hybridized carbons (Fsp3) is 0.417. The lowest BCUT2D eigenvalue weighted by Gasteiger charge is -2.29. The van der Waals surface area contributed by atoms with Crippen LogP contribution in [0.3, 0.4) is 0 Å². The number of hydrogen-bond acceptors (Lipinski definition) is 4. The fourth-order valence-electron chi connectivity index (χ4n) is 3.19. The molecule has 1 atom stereocenters. The average molecular weight is 413 g/mol. The molecule has 6 heteroatoms. The summed E-state index contributed by atoms with van der Waals surface area (Å²) in [4.78, 5) is 27.2. The number of carbonyl (C=O) groups excluding carboxylic acids is 2. The highest BCUT2D eigenvalue weighted by atomic mass is 16.5. The van der Waals surface area contributed by atoms with Crippen molar-refractivity contribution in [2.45, 2.75) is 46.7 Å². The number of ether oxygens (including phenoxy) is 2. The second-order valence-electron chi connectivity index (χ2n) is 7.45. The molecule has 0 aliphatic heterocycles. The molecule has 0 fully saturated rings. The third-order valence-corrected chi connectivity index (χ3v) is 4.76. The minimum atomic E-state index is -0.627. The zero-order chi connectivity index (χ0) is 22.1. The predicted molar refractivity (Wildman–Crippen MR) is 118 cm³/mol. The number of benzene rings is 2. The summed E-state index contributed by atoms with van der Waals surface area (Å²) >= 11 is 0. The van der Waals surface area contributed by atoms with Gasteiger partial charge in [0, 0.05) is 13.1 Å². The first-order chi connectivity index (χ1) is 14.3. The Morgan fingerprint density at radius 1 is 1.07 bits per heavy atom. The molecule has 0 aliphatic carbocycles. The van der Waals surface area contributed by atoms with Crippen LogP contribution in [-0.4, -0.2) is 43.0 Å². The minimum absolute atomic E-state index is 0.141. The van der Waals surface area contributed by atoms with Crippen molar-refractivity contribution in [2.24, 2.45) is 0 Å². The Morgan fingerprint density at radius 3 is 2.40 bits per heavy atom. The van der Waals surface area contributed by atoms with E-state index in [1.165, 1.54) is 0 Å². The molecule has 0 aromatic heterocycles. The zero-order valence-corrected chi connectivity index (χ0v) is 18.5. The van der Waals surface area contributed by atoms with Crippen LogP contribution in [0.25, 0.3) is 0 Å². The van der Waals surface area contributed by atoms with Gasteiger partial charge < -0.3 is 19.7 Å². The monoisotopic (exact) mass is 412 g/mol. The lowest BCUT2D eigenvalue weighted by Crippen LogP contribution is -2.49. The molecule has 6 nitrogen and oxygen atoms in total. The zero-order valence-electron chi connectivity index (χ0n) is 18.5. The minimum Gasteiger partial charge on any atom is -0.497 e. The van der Waals surface area contributed by atoms with Crippen molar-refractivity contribution in [1.29, 1.82) is 0 Å². The summed E-state index contributed by atoms with van der Waals surface area (Å²) in [6, 6.07) is 12.7. The molecule has 0 saturated heterocycles. The lowest BCUT2D eigenvalue weighted by atomic mass is 10.1. The van der Waals surface area contributed by atoms with Gasteiger partial charge in [-0.1, -0.05) is 25.1 Å². The summed E-state index contributed by atoms with van der Waals surface area (Å²) in [5, 5.41) is 2.87. The highest BCUT2D eigenvalue weighted by Gasteiger charge is 2.26. The Balaban J connectivity index is 2.17. The van der Waals surface area contributed by atoms with Crippen LogP contribution < -0.4 is 14.8 Å². The highest BCUT2D eigenvalue weighted by Crippen LogP contribution is 2.18. The maximum Gasteiger partial charge on any atom is 0.261 e. The van der Waals surface area contributed by atoms with E-state index in [9.17, 15) is 9.59 Å². The Bertz CT molecular complexity index is 846. The van der Waals surface area contributed by atoms with E-state index in [0.29, 0.717) is 18.0 Å². The van der Waals surface area contributed by atoms with Crippen LogP contribution in [0, 0.1) is 13.8 Å². The van der Waals surface area contributed by atoms with Gasteiger partial charge in [0.25, 0.3) is 5.91 Å². The van der Waals surface area contributed by atoms with Crippen LogP contribution in [0.5, 0.6) is 11.5 Å². The summed E-state index contributed by atoms with van der Waals surface area (Å²) in [6.45, 7) is 8.41. The van der Waals surface area contributed by atoms with Gasteiger partial charge in [-0.2, -0.15) is 0 Å². The molecule has 2 aromatic carbocycles. The van der Waals surface area contributed by atoms with Gasteiger partial charge in [0.15, 0.2) is 6.61 Å². The SMILES string of the molecule is CCCNC(=O)[C@H](C)N(Cc1cccc(OC)c1)C(=O)COc1cc(C)cc(C)c1. The lowest BCUT2D eigenvalue weighted by molar-refractivity contribution is -0.142. The van der Waals surface area contributed by atoms with Crippen LogP contribution in [0.15, 0.2) is 42.5 Å². The van der Waals surface area contributed by atoms with Gasteiger partial charge in [-0.15, -0.1) is 0 Å². The van der Waals surface area contributed by atoms with Gasteiger partial charge in [-0.05, 0) is 68.1 Å². The standard InChI is InChI=1S/C24H32N2O4/c1-6-10-25-24(28)19(4)26(15-20-8-7-9-21(14-20)29-5)23(27)16-30-22-12-17(2)11-18(3)13-22/h7-9,11-14,19H,6,10,15-16H2,1-5H3,(H,25,28)/t19-/m0/s1. The largest absolute Gasteiger partial charge is 0.497 e. The number of amides is 2. The maximum absolute atomic E-state index is 13.1.